The lowest BCUT2D eigenvalue weighted by molar-refractivity contribution is -0.385. The summed E-state index contributed by atoms with van der Waals surface area (Å²) in [6.45, 7) is 1.99. The van der Waals surface area contributed by atoms with Crippen LogP contribution in [0.2, 0.25) is 0 Å². The van der Waals surface area contributed by atoms with E-state index in [1.807, 2.05) is 6.92 Å². The van der Waals surface area contributed by atoms with Crippen LogP contribution in [0.15, 0.2) is 12.1 Å². The number of nitro benzene ring substituents is 1. The van der Waals surface area contributed by atoms with E-state index in [1.54, 1.807) is 6.07 Å². The van der Waals surface area contributed by atoms with E-state index in [9.17, 15) is 10.1 Å². The summed E-state index contributed by atoms with van der Waals surface area (Å²) < 4.78 is 10.2. The Labute approximate surface area is 106 Å². The van der Waals surface area contributed by atoms with Gasteiger partial charge in [0.15, 0.2) is 5.75 Å². The lowest BCUT2D eigenvalue weighted by Gasteiger charge is -2.14. The molecule has 0 saturated carbocycles. The van der Waals surface area contributed by atoms with Gasteiger partial charge < -0.3 is 15.2 Å². The topological polar surface area (TPSA) is 87.6 Å². The van der Waals surface area contributed by atoms with Gasteiger partial charge in [0.1, 0.15) is 5.75 Å². The molecule has 100 valence electrons. The van der Waals surface area contributed by atoms with Gasteiger partial charge in [0.05, 0.1) is 25.2 Å². The largest absolute Gasteiger partial charge is 0.496 e. The molecule has 1 aromatic rings. The van der Waals surface area contributed by atoms with Crippen molar-refractivity contribution in [3.8, 4) is 11.5 Å². The normalized spacial score (nSPS) is 12.0. The molecule has 6 heteroatoms. The van der Waals surface area contributed by atoms with Crippen molar-refractivity contribution in [3.05, 3.63) is 27.8 Å². The quantitative estimate of drug-likeness (QED) is 0.618. The maximum atomic E-state index is 10.9. The number of nitro groups is 1. The van der Waals surface area contributed by atoms with Gasteiger partial charge in [-0.1, -0.05) is 6.92 Å². The fourth-order valence-electron chi connectivity index (χ4n) is 1.67. The Morgan fingerprint density at radius 1 is 1.33 bits per heavy atom. The maximum Gasteiger partial charge on any atom is 0.314 e. The highest BCUT2D eigenvalue weighted by molar-refractivity contribution is 5.55. The first kappa shape index (κ1) is 14.2. The summed E-state index contributed by atoms with van der Waals surface area (Å²) in [6.07, 6.45) is 1.41. The van der Waals surface area contributed by atoms with E-state index in [0.29, 0.717) is 12.2 Å². The molecule has 0 saturated heterocycles. The van der Waals surface area contributed by atoms with Crippen LogP contribution in [0.5, 0.6) is 11.5 Å². The summed E-state index contributed by atoms with van der Waals surface area (Å²) in [5, 5.41) is 10.9. The van der Waals surface area contributed by atoms with Crippen LogP contribution in [0.3, 0.4) is 0 Å². The monoisotopic (exact) mass is 254 g/mol. The first-order valence-electron chi connectivity index (χ1n) is 5.68. The SMILES string of the molecule is CC[C@@H](N)Cc1cc(OC)c([N+](=O)[O-])cc1OC. The number of nitrogens with zero attached hydrogens (tertiary/aromatic N) is 1. The summed E-state index contributed by atoms with van der Waals surface area (Å²) in [5.41, 5.74) is 6.59. The second-order valence-electron chi connectivity index (χ2n) is 3.97. The number of rotatable bonds is 6. The minimum Gasteiger partial charge on any atom is -0.496 e. The Bertz CT molecular complexity index is 434. The Morgan fingerprint density at radius 2 is 1.94 bits per heavy atom. The van der Waals surface area contributed by atoms with E-state index in [4.69, 9.17) is 15.2 Å². The standard InChI is InChI=1S/C12H18N2O4/c1-4-9(13)5-8-6-12(18-3)10(14(15)16)7-11(8)17-2/h6-7,9H,4-5,13H2,1-3H3/t9-/m1/s1. The highest BCUT2D eigenvalue weighted by atomic mass is 16.6. The molecule has 1 rings (SSSR count). The zero-order valence-corrected chi connectivity index (χ0v) is 10.8. The van der Waals surface area contributed by atoms with E-state index in [-0.39, 0.29) is 17.5 Å². The van der Waals surface area contributed by atoms with E-state index in [2.05, 4.69) is 0 Å². The van der Waals surface area contributed by atoms with E-state index < -0.39 is 4.92 Å². The summed E-state index contributed by atoms with van der Waals surface area (Å²) in [6, 6.07) is 2.98. The number of nitrogens with two attached hydrogens (primary N) is 1. The van der Waals surface area contributed by atoms with Crippen molar-refractivity contribution < 1.29 is 14.4 Å². The van der Waals surface area contributed by atoms with E-state index in [0.717, 1.165) is 12.0 Å². The van der Waals surface area contributed by atoms with Crippen LogP contribution in [0, 0.1) is 10.1 Å². The molecule has 0 amide bonds. The van der Waals surface area contributed by atoms with Gasteiger partial charge in [0, 0.05) is 6.04 Å². The molecule has 0 radical (unpaired) electrons. The predicted octanol–water partition coefficient (Wildman–Crippen LogP) is 1.89. The smallest absolute Gasteiger partial charge is 0.314 e. The molecule has 18 heavy (non-hydrogen) atoms. The van der Waals surface area contributed by atoms with Gasteiger partial charge in [-0.25, -0.2) is 0 Å². The Kier molecular flexibility index (Phi) is 4.91. The molecule has 0 aliphatic heterocycles. The van der Waals surface area contributed by atoms with Crippen LogP contribution in [0.1, 0.15) is 18.9 Å². The molecule has 1 aromatic carbocycles. The molecule has 6 nitrogen and oxygen atoms in total. The van der Waals surface area contributed by atoms with Crippen LogP contribution < -0.4 is 15.2 Å². The fourth-order valence-corrected chi connectivity index (χ4v) is 1.67. The molecule has 0 aromatic heterocycles. The van der Waals surface area contributed by atoms with E-state index >= 15 is 0 Å². The molecular weight excluding hydrogens is 236 g/mol. The van der Waals surface area contributed by atoms with Gasteiger partial charge in [0.25, 0.3) is 0 Å². The van der Waals surface area contributed by atoms with Crippen molar-refractivity contribution >= 4 is 5.69 Å². The molecule has 0 unspecified atom stereocenters. The number of benzene rings is 1. The van der Waals surface area contributed by atoms with Crippen molar-refractivity contribution in [1.82, 2.24) is 0 Å². The molecule has 2 N–H and O–H groups in total. The molecule has 0 aliphatic carbocycles. The lowest BCUT2D eigenvalue weighted by Crippen LogP contribution is -2.21. The van der Waals surface area contributed by atoms with Crippen LogP contribution >= 0.6 is 0 Å². The molecule has 0 spiro atoms. The van der Waals surface area contributed by atoms with Gasteiger partial charge in [-0.15, -0.1) is 0 Å². The van der Waals surface area contributed by atoms with E-state index in [1.165, 1.54) is 20.3 Å². The van der Waals surface area contributed by atoms with Crippen LogP contribution in [-0.2, 0) is 6.42 Å². The highest BCUT2D eigenvalue weighted by Gasteiger charge is 2.20. The van der Waals surface area contributed by atoms with Crippen molar-refractivity contribution in [3.63, 3.8) is 0 Å². The van der Waals surface area contributed by atoms with Crippen LogP contribution in [-0.4, -0.2) is 25.2 Å². The highest BCUT2D eigenvalue weighted by Crippen LogP contribution is 2.34. The first-order valence-corrected chi connectivity index (χ1v) is 5.68. The average molecular weight is 254 g/mol. The van der Waals surface area contributed by atoms with Gasteiger partial charge in [0.2, 0.25) is 0 Å². The Morgan fingerprint density at radius 3 is 2.39 bits per heavy atom. The predicted molar refractivity (Wildman–Crippen MR) is 68.2 cm³/mol. The lowest BCUT2D eigenvalue weighted by atomic mass is 10.0. The third kappa shape index (κ3) is 3.10. The first-order chi connectivity index (χ1) is 8.53. The third-order valence-corrected chi connectivity index (χ3v) is 2.79. The summed E-state index contributed by atoms with van der Waals surface area (Å²) in [5.74, 6) is 0.686. The van der Waals surface area contributed by atoms with Gasteiger partial charge in [-0.05, 0) is 24.5 Å². The number of methoxy groups -OCH3 is 2. The van der Waals surface area contributed by atoms with Crippen LogP contribution in [0.25, 0.3) is 0 Å². The number of hydrogen-bond donors (Lipinski definition) is 1. The zero-order chi connectivity index (χ0) is 13.7. The average Bonchev–Trinajstić information content (AvgIpc) is 2.37. The van der Waals surface area contributed by atoms with Crippen LogP contribution in [0.4, 0.5) is 5.69 Å². The minimum atomic E-state index is -0.495. The third-order valence-electron chi connectivity index (χ3n) is 2.79. The van der Waals surface area contributed by atoms with Crippen molar-refractivity contribution in [1.29, 1.82) is 0 Å². The fraction of sp³-hybridized carbons (Fsp3) is 0.500. The minimum absolute atomic E-state index is 0.00920. The van der Waals surface area contributed by atoms with Gasteiger partial charge >= 0.3 is 5.69 Å². The molecule has 0 fully saturated rings. The molecule has 0 heterocycles. The maximum absolute atomic E-state index is 10.9. The Hall–Kier alpha value is -1.82. The number of hydrogen-bond acceptors (Lipinski definition) is 5. The molecule has 0 bridgehead atoms. The Balaban J connectivity index is 3.21. The van der Waals surface area contributed by atoms with Crippen molar-refractivity contribution in [2.45, 2.75) is 25.8 Å². The summed E-state index contributed by atoms with van der Waals surface area (Å²) in [4.78, 5) is 10.4. The molecule has 1 atom stereocenters. The second-order valence-corrected chi connectivity index (χ2v) is 3.97. The summed E-state index contributed by atoms with van der Waals surface area (Å²) >= 11 is 0. The second kappa shape index (κ2) is 6.20. The zero-order valence-electron chi connectivity index (χ0n) is 10.8. The van der Waals surface area contributed by atoms with Crippen molar-refractivity contribution in [2.75, 3.05) is 14.2 Å². The number of ether oxygens (including phenoxy) is 2. The molecule has 0 aliphatic rings. The summed E-state index contributed by atoms with van der Waals surface area (Å²) in [7, 11) is 2.88. The van der Waals surface area contributed by atoms with Gasteiger partial charge in [-0.2, -0.15) is 0 Å². The molecular formula is C12H18N2O4. The van der Waals surface area contributed by atoms with Gasteiger partial charge in [-0.3, -0.25) is 10.1 Å². The van der Waals surface area contributed by atoms with Crippen molar-refractivity contribution in [2.24, 2.45) is 5.73 Å².